The van der Waals surface area contributed by atoms with Crippen LogP contribution in [-0.4, -0.2) is 10.9 Å². The number of carbonyl (C=O) groups is 1. The molecular weight excluding hydrogens is 321 g/mol. The average molecular weight is 331 g/mol. The van der Waals surface area contributed by atoms with Crippen molar-refractivity contribution in [1.29, 1.82) is 0 Å². The zero-order chi connectivity index (χ0) is 15.6. The van der Waals surface area contributed by atoms with Gasteiger partial charge >= 0.3 is 0 Å². The van der Waals surface area contributed by atoms with Crippen molar-refractivity contribution in [2.24, 2.45) is 0 Å². The quantitative estimate of drug-likeness (QED) is 0.858. The SMILES string of the molecule is CC(NC(=O)c1cnc(Cl)c(Cl)c1)c1c(F)cccc1F. The van der Waals surface area contributed by atoms with E-state index < -0.39 is 23.6 Å². The minimum absolute atomic E-state index is 0.0708. The first-order valence-corrected chi connectivity index (χ1v) is 6.71. The van der Waals surface area contributed by atoms with Crippen molar-refractivity contribution < 1.29 is 13.6 Å². The Bertz CT molecular complexity index is 674. The molecule has 2 rings (SSSR count). The molecule has 1 N–H and O–H groups in total. The Kier molecular flexibility index (Phi) is 4.75. The maximum absolute atomic E-state index is 13.6. The van der Waals surface area contributed by atoms with E-state index in [9.17, 15) is 13.6 Å². The minimum atomic E-state index is -0.854. The van der Waals surface area contributed by atoms with Crippen molar-refractivity contribution in [3.63, 3.8) is 0 Å². The summed E-state index contributed by atoms with van der Waals surface area (Å²) in [4.78, 5) is 15.8. The molecule has 1 amide bonds. The molecule has 0 aliphatic rings. The standard InChI is InChI=1S/C14H10Cl2F2N2O/c1-7(12-10(17)3-2-4-11(12)18)20-14(21)8-5-9(15)13(16)19-6-8/h2-7H,1H3,(H,20,21). The maximum atomic E-state index is 13.6. The Morgan fingerprint density at radius 1 is 1.29 bits per heavy atom. The molecule has 2 aromatic rings. The Labute approximate surface area is 129 Å². The van der Waals surface area contributed by atoms with Crippen LogP contribution in [0.15, 0.2) is 30.5 Å². The first-order valence-electron chi connectivity index (χ1n) is 5.96. The summed E-state index contributed by atoms with van der Waals surface area (Å²) in [6, 6.07) is 3.99. The highest BCUT2D eigenvalue weighted by Gasteiger charge is 2.19. The molecule has 0 saturated heterocycles. The van der Waals surface area contributed by atoms with E-state index in [1.165, 1.54) is 25.3 Å². The fourth-order valence-corrected chi connectivity index (χ4v) is 2.09. The number of rotatable bonds is 3. The zero-order valence-corrected chi connectivity index (χ0v) is 12.3. The van der Waals surface area contributed by atoms with Crippen LogP contribution in [0.25, 0.3) is 0 Å². The molecule has 0 fully saturated rings. The number of nitrogens with zero attached hydrogens (tertiary/aromatic N) is 1. The van der Waals surface area contributed by atoms with Crippen LogP contribution in [0.4, 0.5) is 8.78 Å². The molecule has 0 aliphatic carbocycles. The van der Waals surface area contributed by atoms with Crippen LogP contribution >= 0.6 is 23.2 Å². The number of amides is 1. The predicted molar refractivity (Wildman–Crippen MR) is 76.5 cm³/mol. The number of aromatic nitrogens is 1. The van der Waals surface area contributed by atoms with Crippen LogP contribution in [0.1, 0.15) is 28.9 Å². The molecule has 1 unspecified atom stereocenters. The van der Waals surface area contributed by atoms with E-state index in [2.05, 4.69) is 10.3 Å². The molecule has 0 aliphatic heterocycles. The van der Waals surface area contributed by atoms with E-state index in [1.54, 1.807) is 0 Å². The van der Waals surface area contributed by atoms with Gasteiger partial charge in [-0.15, -0.1) is 0 Å². The highest BCUT2D eigenvalue weighted by Crippen LogP contribution is 2.22. The number of pyridine rings is 1. The second-order valence-corrected chi connectivity index (χ2v) is 5.09. The predicted octanol–water partition coefficient (Wildman–Crippen LogP) is 4.16. The summed E-state index contributed by atoms with van der Waals surface area (Å²) < 4.78 is 27.3. The van der Waals surface area contributed by atoms with Crippen LogP contribution in [-0.2, 0) is 0 Å². The molecule has 1 heterocycles. The normalized spacial score (nSPS) is 12.0. The monoisotopic (exact) mass is 330 g/mol. The van der Waals surface area contributed by atoms with E-state index >= 15 is 0 Å². The second-order valence-electron chi connectivity index (χ2n) is 4.33. The van der Waals surface area contributed by atoms with Crippen molar-refractivity contribution in [2.75, 3.05) is 0 Å². The average Bonchev–Trinajstić information content (AvgIpc) is 2.41. The molecule has 3 nitrogen and oxygen atoms in total. The number of hydrogen-bond donors (Lipinski definition) is 1. The molecule has 0 spiro atoms. The van der Waals surface area contributed by atoms with Crippen molar-refractivity contribution in [3.8, 4) is 0 Å². The topological polar surface area (TPSA) is 42.0 Å². The minimum Gasteiger partial charge on any atom is -0.345 e. The Morgan fingerprint density at radius 2 is 1.90 bits per heavy atom. The third-order valence-electron chi connectivity index (χ3n) is 2.84. The molecule has 1 aromatic carbocycles. The Hall–Kier alpha value is -1.72. The molecule has 110 valence electrons. The maximum Gasteiger partial charge on any atom is 0.253 e. The summed E-state index contributed by atoms with van der Waals surface area (Å²) >= 11 is 11.4. The number of nitrogens with one attached hydrogen (secondary N) is 1. The molecule has 1 aromatic heterocycles. The van der Waals surface area contributed by atoms with E-state index in [-0.39, 0.29) is 21.3 Å². The lowest BCUT2D eigenvalue weighted by Crippen LogP contribution is -2.28. The lowest BCUT2D eigenvalue weighted by atomic mass is 10.1. The van der Waals surface area contributed by atoms with Crippen molar-refractivity contribution in [1.82, 2.24) is 10.3 Å². The van der Waals surface area contributed by atoms with Crippen molar-refractivity contribution >= 4 is 29.1 Å². The van der Waals surface area contributed by atoms with Gasteiger partial charge in [0.15, 0.2) is 0 Å². The molecule has 21 heavy (non-hydrogen) atoms. The van der Waals surface area contributed by atoms with Gasteiger partial charge in [0.1, 0.15) is 16.8 Å². The summed E-state index contributed by atoms with van der Waals surface area (Å²) in [6.45, 7) is 1.48. The van der Waals surface area contributed by atoms with Gasteiger partial charge in [0, 0.05) is 11.8 Å². The molecule has 0 saturated carbocycles. The van der Waals surface area contributed by atoms with Gasteiger partial charge in [-0.2, -0.15) is 0 Å². The summed E-state index contributed by atoms with van der Waals surface area (Å²) in [5.41, 5.74) is -0.0631. The van der Waals surface area contributed by atoms with Gasteiger partial charge in [-0.3, -0.25) is 4.79 Å². The molecule has 0 bridgehead atoms. The van der Waals surface area contributed by atoms with Crippen LogP contribution in [0, 0.1) is 11.6 Å². The van der Waals surface area contributed by atoms with E-state index in [1.807, 2.05) is 0 Å². The highest BCUT2D eigenvalue weighted by molar-refractivity contribution is 6.41. The van der Waals surface area contributed by atoms with Gasteiger partial charge in [0.05, 0.1) is 16.6 Å². The smallest absolute Gasteiger partial charge is 0.253 e. The van der Waals surface area contributed by atoms with Crippen molar-refractivity contribution in [2.45, 2.75) is 13.0 Å². The Morgan fingerprint density at radius 3 is 2.48 bits per heavy atom. The molecule has 7 heteroatoms. The van der Waals surface area contributed by atoms with Gasteiger partial charge in [0.2, 0.25) is 0 Å². The van der Waals surface area contributed by atoms with Gasteiger partial charge < -0.3 is 5.32 Å². The van der Waals surface area contributed by atoms with Crippen LogP contribution in [0.3, 0.4) is 0 Å². The second kappa shape index (κ2) is 6.37. The number of hydrogen-bond acceptors (Lipinski definition) is 2. The lowest BCUT2D eigenvalue weighted by Gasteiger charge is -2.16. The van der Waals surface area contributed by atoms with Gasteiger partial charge in [-0.05, 0) is 25.1 Å². The first kappa shape index (κ1) is 15.7. The van der Waals surface area contributed by atoms with Crippen molar-refractivity contribution in [3.05, 3.63) is 63.4 Å². The molecule has 0 radical (unpaired) electrons. The number of benzene rings is 1. The number of carbonyl (C=O) groups excluding carboxylic acids is 1. The third kappa shape index (κ3) is 3.49. The Balaban J connectivity index is 2.21. The lowest BCUT2D eigenvalue weighted by molar-refractivity contribution is 0.0938. The fourth-order valence-electron chi connectivity index (χ4n) is 1.82. The summed E-state index contributed by atoms with van der Waals surface area (Å²) in [7, 11) is 0. The largest absolute Gasteiger partial charge is 0.345 e. The summed E-state index contributed by atoms with van der Waals surface area (Å²) in [5, 5.41) is 2.67. The van der Waals surface area contributed by atoms with E-state index in [0.29, 0.717) is 0 Å². The van der Waals surface area contributed by atoms with E-state index in [0.717, 1.165) is 12.1 Å². The van der Waals surface area contributed by atoms with Gasteiger partial charge in [-0.1, -0.05) is 29.3 Å². The van der Waals surface area contributed by atoms with E-state index in [4.69, 9.17) is 23.2 Å². The van der Waals surface area contributed by atoms with Gasteiger partial charge in [0.25, 0.3) is 5.91 Å². The molecular formula is C14H10Cl2F2N2O. The molecule has 1 atom stereocenters. The summed E-state index contributed by atoms with van der Waals surface area (Å²) in [6.07, 6.45) is 1.23. The zero-order valence-electron chi connectivity index (χ0n) is 10.8. The highest BCUT2D eigenvalue weighted by atomic mass is 35.5. The third-order valence-corrected chi connectivity index (χ3v) is 3.52. The summed E-state index contributed by atoms with van der Waals surface area (Å²) in [5.74, 6) is -2.01. The van der Waals surface area contributed by atoms with Crippen LogP contribution < -0.4 is 5.32 Å². The fraction of sp³-hybridized carbons (Fsp3) is 0.143. The van der Waals surface area contributed by atoms with Crippen LogP contribution in [0.5, 0.6) is 0 Å². The van der Waals surface area contributed by atoms with Crippen LogP contribution in [0.2, 0.25) is 10.2 Å². The van der Waals surface area contributed by atoms with Gasteiger partial charge in [-0.25, -0.2) is 13.8 Å². The number of halogens is 4. The first-order chi connectivity index (χ1) is 9.90.